The lowest BCUT2D eigenvalue weighted by molar-refractivity contribution is -0.140. The van der Waals surface area contributed by atoms with Crippen LogP contribution in [-0.4, -0.2) is 41.6 Å². The number of rotatable bonds is 6. The van der Waals surface area contributed by atoms with E-state index in [0.717, 1.165) is 31.2 Å². The number of aromatic nitrogens is 2. The minimum atomic E-state index is -0.251. The Kier molecular flexibility index (Phi) is 6.37. The standard InChI is InChI=1S/C25H27N5O5/c1-33-22-7-6-18-23(30-22)20(8-9-27-18)35-25(32)15-2-4-16(5-3-15)28-12-14-10-17(26)24-19(11-14)29-21(31)13-34-24/h6-11,15-16,28H,2-5,12-13,26H2,1H3,(H,29,31). The molecule has 10 nitrogen and oxygen atoms in total. The maximum Gasteiger partial charge on any atom is 0.314 e. The van der Waals surface area contributed by atoms with Gasteiger partial charge in [-0.15, -0.1) is 0 Å². The number of hydrogen-bond acceptors (Lipinski definition) is 9. The molecule has 0 saturated heterocycles. The smallest absolute Gasteiger partial charge is 0.314 e. The van der Waals surface area contributed by atoms with Crippen LogP contribution in [0.25, 0.3) is 11.0 Å². The van der Waals surface area contributed by atoms with Crippen molar-refractivity contribution >= 4 is 34.3 Å². The molecule has 1 saturated carbocycles. The summed E-state index contributed by atoms with van der Waals surface area (Å²) in [4.78, 5) is 33.1. The molecule has 1 aromatic carbocycles. The lowest BCUT2D eigenvalue weighted by Crippen LogP contribution is -2.35. The SMILES string of the molecule is COc1ccc2nccc(OC(=O)C3CCC(NCc4cc(N)c5c(c4)NC(=O)CO5)CC3)c2n1. The van der Waals surface area contributed by atoms with Gasteiger partial charge in [0.15, 0.2) is 18.1 Å². The summed E-state index contributed by atoms with van der Waals surface area (Å²) in [5.74, 6) is 0.725. The first-order chi connectivity index (χ1) is 17.0. The summed E-state index contributed by atoms with van der Waals surface area (Å²) in [6.07, 6.45) is 4.76. The molecule has 5 rings (SSSR count). The highest BCUT2D eigenvalue weighted by Gasteiger charge is 2.28. The number of nitrogen functional groups attached to an aromatic ring is 1. The summed E-state index contributed by atoms with van der Waals surface area (Å²) in [6, 6.07) is 9.16. The topological polar surface area (TPSA) is 138 Å². The van der Waals surface area contributed by atoms with E-state index in [4.69, 9.17) is 19.9 Å². The monoisotopic (exact) mass is 477 g/mol. The van der Waals surface area contributed by atoms with Gasteiger partial charge in [-0.3, -0.25) is 14.6 Å². The zero-order valence-corrected chi connectivity index (χ0v) is 19.4. The van der Waals surface area contributed by atoms with Gasteiger partial charge in [-0.1, -0.05) is 0 Å². The van der Waals surface area contributed by atoms with Crippen LogP contribution in [-0.2, 0) is 16.1 Å². The quantitative estimate of drug-likeness (QED) is 0.361. The van der Waals surface area contributed by atoms with E-state index in [0.29, 0.717) is 46.3 Å². The second-order valence-electron chi connectivity index (χ2n) is 8.78. The predicted molar refractivity (Wildman–Crippen MR) is 129 cm³/mol. The van der Waals surface area contributed by atoms with Crippen molar-refractivity contribution in [1.29, 1.82) is 0 Å². The number of nitrogens with two attached hydrogens (primary N) is 1. The van der Waals surface area contributed by atoms with Gasteiger partial charge in [0.1, 0.15) is 5.52 Å². The molecule has 0 radical (unpaired) electrons. The van der Waals surface area contributed by atoms with Gasteiger partial charge in [0, 0.05) is 30.9 Å². The van der Waals surface area contributed by atoms with Crippen LogP contribution in [0.2, 0.25) is 0 Å². The third kappa shape index (κ3) is 4.97. The van der Waals surface area contributed by atoms with Crippen molar-refractivity contribution in [2.24, 2.45) is 5.92 Å². The summed E-state index contributed by atoms with van der Waals surface area (Å²) in [6.45, 7) is 0.576. The number of pyridine rings is 2. The van der Waals surface area contributed by atoms with Crippen molar-refractivity contribution in [3.05, 3.63) is 42.1 Å². The number of anilines is 2. The molecular formula is C25H27N5O5. The molecule has 0 spiro atoms. The van der Waals surface area contributed by atoms with Gasteiger partial charge in [0.25, 0.3) is 5.91 Å². The third-order valence-electron chi connectivity index (χ3n) is 6.40. The Labute approximate surface area is 202 Å². The molecule has 1 aliphatic carbocycles. The van der Waals surface area contributed by atoms with Crippen molar-refractivity contribution in [2.75, 3.05) is 24.8 Å². The van der Waals surface area contributed by atoms with Crippen LogP contribution >= 0.6 is 0 Å². The molecule has 182 valence electrons. The summed E-state index contributed by atoms with van der Waals surface area (Å²) < 4.78 is 16.3. The second-order valence-corrected chi connectivity index (χ2v) is 8.78. The molecule has 4 N–H and O–H groups in total. The number of ether oxygens (including phenoxy) is 3. The Morgan fingerprint density at radius 2 is 2.06 bits per heavy atom. The molecule has 0 atom stereocenters. The van der Waals surface area contributed by atoms with Crippen LogP contribution in [0.15, 0.2) is 36.5 Å². The van der Waals surface area contributed by atoms with Gasteiger partial charge in [-0.2, -0.15) is 0 Å². The third-order valence-corrected chi connectivity index (χ3v) is 6.40. The van der Waals surface area contributed by atoms with E-state index >= 15 is 0 Å². The zero-order valence-electron chi connectivity index (χ0n) is 19.4. The Bertz CT molecular complexity index is 1270. The number of benzene rings is 1. The van der Waals surface area contributed by atoms with E-state index in [-0.39, 0.29) is 30.4 Å². The number of fused-ring (bicyclic) bond motifs is 2. The minimum Gasteiger partial charge on any atom is -0.481 e. The van der Waals surface area contributed by atoms with Crippen LogP contribution in [0.3, 0.4) is 0 Å². The number of nitrogens with one attached hydrogen (secondary N) is 2. The van der Waals surface area contributed by atoms with Gasteiger partial charge in [-0.05, 0) is 49.4 Å². The summed E-state index contributed by atoms with van der Waals surface area (Å²) in [5.41, 5.74) is 9.29. The normalized spacial score (nSPS) is 19.4. The Balaban J connectivity index is 1.16. The number of carbonyl (C=O) groups is 2. The molecule has 2 aliphatic rings. The van der Waals surface area contributed by atoms with Crippen molar-refractivity contribution in [3.63, 3.8) is 0 Å². The van der Waals surface area contributed by atoms with E-state index in [1.165, 1.54) is 7.11 Å². The second kappa shape index (κ2) is 9.75. The van der Waals surface area contributed by atoms with E-state index in [1.54, 1.807) is 24.4 Å². The van der Waals surface area contributed by atoms with E-state index in [2.05, 4.69) is 20.6 Å². The van der Waals surface area contributed by atoms with Gasteiger partial charge < -0.3 is 30.6 Å². The van der Waals surface area contributed by atoms with Crippen molar-refractivity contribution in [1.82, 2.24) is 15.3 Å². The number of hydrogen-bond donors (Lipinski definition) is 3. The van der Waals surface area contributed by atoms with Gasteiger partial charge in [0.2, 0.25) is 5.88 Å². The maximum atomic E-state index is 12.9. The molecule has 3 aromatic rings. The van der Waals surface area contributed by atoms with Crippen LogP contribution < -0.4 is 30.6 Å². The number of esters is 1. The summed E-state index contributed by atoms with van der Waals surface area (Å²) in [7, 11) is 1.54. The molecule has 1 amide bonds. The Morgan fingerprint density at radius 1 is 1.23 bits per heavy atom. The molecule has 3 heterocycles. The largest absolute Gasteiger partial charge is 0.481 e. The zero-order chi connectivity index (χ0) is 24.4. The van der Waals surface area contributed by atoms with Crippen LogP contribution in [0.4, 0.5) is 11.4 Å². The first-order valence-corrected chi connectivity index (χ1v) is 11.6. The lowest BCUT2D eigenvalue weighted by Gasteiger charge is -2.28. The fourth-order valence-corrected chi connectivity index (χ4v) is 4.56. The Hall–Kier alpha value is -3.92. The first-order valence-electron chi connectivity index (χ1n) is 11.6. The number of amides is 1. The van der Waals surface area contributed by atoms with E-state index in [1.807, 2.05) is 12.1 Å². The van der Waals surface area contributed by atoms with Crippen LogP contribution in [0.1, 0.15) is 31.2 Å². The number of nitrogens with zero attached hydrogens (tertiary/aromatic N) is 2. The molecule has 35 heavy (non-hydrogen) atoms. The van der Waals surface area contributed by atoms with E-state index < -0.39 is 0 Å². The number of methoxy groups -OCH3 is 1. The Morgan fingerprint density at radius 3 is 2.86 bits per heavy atom. The average molecular weight is 478 g/mol. The molecule has 1 aliphatic heterocycles. The van der Waals surface area contributed by atoms with E-state index in [9.17, 15) is 9.59 Å². The fourth-order valence-electron chi connectivity index (χ4n) is 4.56. The van der Waals surface area contributed by atoms with Crippen molar-refractivity contribution in [3.8, 4) is 17.4 Å². The van der Waals surface area contributed by atoms with Crippen molar-refractivity contribution < 1.29 is 23.8 Å². The molecule has 10 heteroatoms. The highest BCUT2D eigenvalue weighted by Crippen LogP contribution is 2.35. The lowest BCUT2D eigenvalue weighted by atomic mass is 9.86. The summed E-state index contributed by atoms with van der Waals surface area (Å²) >= 11 is 0. The fraction of sp³-hybridized carbons (Fsp3) is 0.360. The predicted octanol–water partition coefficient (Wildman–Crippen LogP) is 2.81. The van der Waals surface area contributed by atoms with Crippen LogP contribution in [0.5, 0.6) is 17.4 Å². The molecule has 0 bridgehead atoms. The van der Waals surface area contributed by atoms with Gasteiger partial charge in [-0.25, -0.2) is 4.98 Å². The maximum absolute atomic E-state index is 12.9. The average Bonchev–Trinajstić information content (AvgIpc) is 2.87. The highest BCUT2D eigenvalue weighted by atomic mass is 16.5. The van der Waals surface area contributed by atoms with Crippen molar-refractivity contribution in [2.45, 2.75) is 38.3 Å². The highest BCUT2D eigenvalue weighted by molar-refractivity contribution is 5.97. The molecule has 2 aromatic heterocycles. The first kappa shape index (κ1) is 22.9. The van der Waals surface area contributed by atoms with Gasteiger partial charge >= 0.3 is 5.97 Å². The summed E-state index contributed by atoms with van der Waals surface area (Å²) in [5, 5.41) is 6.33. The molecular weight excluding hydrogens is 450 g/mol. The minimum absolute atomic E-state index is 0.0252. The van der Waals surface area contributed by atoms with Gasteiger partial charge in [0.05, 0.1) is 29.9 Å². The molecule has 1 fully saturated rings. The number of carbonyl (C=O) groups excluding carboxylic acids is 2. The molecule has 0 unspecified atom stereocenters. The van der Waals surface area contributed by atoms with Crippen LogP contribution in [0, 0.1) is 5.92 Å².